The van der Waals surface area contributed by atoms with Crippen LogP contribution in [0, 0.1) is 41.0 Å². The van der Waals surface area contributed by atoms with Crippen molar-refractivity contribution in [3.63, 3.8) is 0 Å². The SMILES string of the molecule is CCN(CCNS(C)(=O)=O)c1ccc(N=C(C(=O)Nc2cc(Cl)c(Cl)cc2Cl)c2c(C)c([N+](=O)[O-])c(C)c([N+](=O)[O-])c2C)cc1. The lowest BCUT2D eigenvalue weighted by molar-refractivity contribution is -0.395. The minimum absolute atomic E-state index is 0.00175. The third-order valence-electron chi connectivity index (χ3n) is 6.83. The van der Waals surface area contributed by atoms with E-state index in [1.54, 1.807) is 24.3 Å². The summed E-state index contributed by atoms with van der Waals surface area (Å²) >= 11 is 18.4. The zero-order chi connectivity index (χ0) is 33.8. The van der Waals surface area contributed by atoms with E-state index in [4.69, 9.17) is 34.8 Å². The van der Waals surface area contributed by atoms with E-state index < -0.39 is 37.2 Å². The van der Waals surface area contributed by atoms with Crippen LogP contribution < -0.4 is 14.9 Å². The van der Waals surface area contributed by atoms with E-state index in [-0.39, 0.29) is 61.0 Å². The number of carbonyl (C=O) groups excluding carboxylic acids is 1. The summed E-state index contributed by atoms with van der Waals surface area (Å²) < 4.78 is 25.3. The van der Waals surface area contributed by atoms with Crippen LogP contribution in [-0.2, 0) is 14.8 Å². The second-order valence-electron chi connectivity index (χ2n) is 9.88. The van der Waals surface area contributed by atoms with Crippen LogP contribution >= 0.6 is 34.8 Å². The molecule has 17 heteroatoms. The number of nitro groups is 2. The maximum atomic E-state index is 13.9. The van der Waals surface area contributed by atoms with Gasteiger partial charge in [0.15, 0.2) is 0 Å². The van der Waals surface area contributed by atoms with Crippen LogP contribution in [0.5, 0.6) is 0 Å². The highest BCUT2D eigenvalue weighted by Crippen LogP contribution is 2.39. The van der Waals surface area contributed by atoms with Crippen molar-refractivity contribution in [3.05, 3.63) is 93.9 Å². The van der Waals surface area contributed by atoms with E-state index in [0.29, 0.717) is 13.1 Å². The Hall–Kier alpha value is -3.82. The van der Waals surface area contributed by atoms with Gasteiger partial charge in [-0.15, -0.1) is 0 Å². The van der Waals surface area contributed by atoms with Gasteiger partial charge in [0.1, 0.15) is 11.3 Å². The van der Waals surface area contributed by atoms with Crippen molar-refractivity contribution >= 4 is 84.9 Å². The lowest BCUT2D eigenvalue weighted by atomic mass is 9.91. The molecule has 13 nitrogen and oxygen atoms in total. The maximum absolute atomic E-state index is 13.9. The van der Waals surface area contributed by atoms with Crippen molar-refractivity contribution in [2.75, 3.05) is 36.1 Å². The molecule has 0 unspecified atom stereocenters. The minimum atomic E-state index is -3.36. The standard InChI is InChI=1S/C28H29Cl3N6O7S/c1-6-35(12-11-32-45(5,43)44)19-9-7-18(8-10-19)33-25(28(38)34-23-14-21(30)20(29)13-22(23)31)24-15(2)26(36(39)40)17(4)27(16(24)3)37(41)42/h7-10,13-14,32H,6,11-12H2,1-5H3,(H,34,38). The van der Waals surface area contributed by atoms with Crippen molar-refractivity contribution in [3.8, 4) is 0 Å². The number of amides is 1. The number of sulfonamides is 1. The summed E-state index contributed by atoms with van der Waals surface area (Å²) in [5, 5.41) is 27.0. The summed E-state index contributed by atoms with van der Waals surface area (Å²) in [5.74, 6) is -0.875. The first kappa shape index (κ1) is 35.7. The largest absolute Gasteiger partial charge is 0.370 e. The number of hydrogen-bond acceptors (Lipinski definition) is 9. The van der Waals surface area contributed by atoms with Crippen LogP contribution in [0.4, 0.5) is 28.4 Å². The molecular formula is C28H29Cl3N6O7S. The average molecular weight is 700 g/mol. The number of aliphatic imine (C=N–C) groups is 1. The highest BCUT2D eigenvalue weighted by atomic mass is 35.5. The molecular weight excluding hydrogens is 671 g/mol. The van der Waals surface area contributed by atoms with Crippen LogP contribution in [0.3, 0.4) is 0 Å². The Balaban J connectivity index is 2.20. The van der Waals surface area contributed by atoms with Gasteiger partial charge in [0, 0.05) is 42.0 Å². The number of carbonyl (C=O) groups is 1. The van der Waals surface area contributed by atoms with E-state index in [2.05, 4.69) is 15.0 Å². The molecule has 0 aliphatic heterocycles. The van der Waals surface area contributed by atoms with Gasteiger partial charge < -0.3 is 10.2 Å². The van der Waals surface area contributed by atoms with Crippen LogP contribution in [0.25, 0.3) is 0 Å². The maximum Gasteiger partial charge on any atom is 0.282 e. The molecule has 240 valence electrons. The number of halogens is 3. The van der Waals surface area contributed by atoms with Crippen LogP contribution in [0.2, 0.25) is 15.1 Å². The number of benzene rings is 3. The molecule has 0 radical (unpaired) electrons. The number of likely N-dealkylation sites (N-methyl/N-ethyl adjacent to an activating group) is 1. The second kappa shape index (κ2) is 14.5. The summed E-state index contributed by atoms with van der Waals surface area (Å²) in [6.07, 6.45) is 1.07. The topological polar surface area (TPSA) is 177 Å². The van der Waals surface area contributed by atoms with Crippen molar-refractivity contribution in [2.45, 2.75) is 27.7 Å². The molecule has 1 amide bonds. The predicted octanol–water partition coefficient (Wildman–Crippen LogP) is 6.52. The molecule has 0 spiro atoms. The Morgan fingerprint density at radius 3 is 1.93 bits per heavy atom. The predicted molar refractivity (Wildman–Crippen MR) is 177 cm³/mol. The molecule has 0 saturated heterocycles. The Morgan fingerprint density at radius 2 is 1.44 bits per heavy atom. The zero-order valence-corrected chi connectivity index (χ0v) is 27.9. The molecule has 45 heavy (non-hydrogen) atoms. The third-order valence-corrected chi connectivity index (χ3v) is 8.59. The van der Waals surface area contributed by atoms with Crippen LogP contribution in [-0.4, -0.2) is 55.8 Å². The summed E-state index contributed by atoms with van der Waals surface area (Å²) in [6, 6.07) is 9.21. The first-order valence-corrected chi connectivity index (χ1v) is 16.3. The molecule has 3 aromatic carbocycles. The number of rotatable bonds is 12. The molecule has 0 heterocycles. The number of nitrogens with zero attached hydrogens (tertiary/aromatic N) is 4. The number of hydrogen-bond donors (Lipinski definition) is 2. The van der Waals surface area contributed by atoms with E-state index >= 15 is 0 Å². The fourth-order valence-corrected chi connectivity index (χ4v) is 5.87. The Kier molecular flexibility index (Phi) is 11.5. The van der Waals surface area contributed by atoms with E-state index in [1.807, 2.05) is 11.8 Å². The zero-order valence-electron chi connectivity index (χ0n) is 24.8. The Morgan fingerprint density at radius 1 is 0.911 bits per heavy atom. The lowest BCUT2D eigenvalue weighted by Crippen LogP contribution is -2.34. The first-order valence-electron chi connectivity index (χ1n) is 13.2. The number of nitro benzene ring substituents is 2. The van der Waals surface area contributed by atoms with Gasteiger partial charge in [0.05, 0.1) is 42.5 Å². The smallest absolute Gasteiger partial charge is 0.282 e. The van der Waals surface area contributed by atoms with Crippen LogP contribution in [0.1, 0.15) is 29.2 Å². The normalized spacial score (nSPS) is 11.8. The highest BCUT2D eigenvalue weighted by Gasteiger charge is 2.34. The van der Waals surface area contributed by atoms with Gasteiger partial charge in [0.2, 0.25) is 10.0 Å². The summed E-state index contributed by atoms with van der Waals surface area (Å²) in [7, 11) is -3.36. The summed E-state index contributed by atoms with van der Waals surface area (Å²) in [4.78, 5) is 42.9. The van der Waals surface area contributed by atoms with Gasteiger partial charge in [-0.1, -0.05) is 34.8 Å². The van der Waals surface area contributed by atoms with E-state index in [9.17, 15) is 33.4 Å². The summed E-state index contributed by atoms with van der Waals surface area (Å²) in [6.45, 7) is 7.05. The molecule has 0 fully saturated rings. The van der Waals surface area contributed by atoms with E-state index in [1.165, 1.54) is 32.9 Å². The third kappa shape index (κ3) is 8.47. The summed E-state index contributed by atoms with van der Waals surface area (Å²) in [5.41, 5.74) is -0.608. The van der Waals surface area contributed by atoms with Crippen molar-refractivity contribution in [2.24, 2.45) is 4.99 Å². The van der Waals surface area contributed by atoms with Crippen LogP contribution in [0.15, 0.2) is 41.4 Å². The van der Waals surface area contributed by atoms with Gasteiger partial charge in [-0.3, -0.25) is 25.0 Å². The molecule has 3 rings (SSSR count). The van der Waals surface area contributed by atoms with Gasteiger partial charge >= 0.3 is 0 Å². The molecule has 0 aliphatic carbocycles. The quantitative estimate of drug-likeness (QED) is 0.0928. The van der Waals surface area contributed by atoms with Gasteiger partial charge in [0.25, 0.3) is 17.3 Å². The molecule has 0 atom stereocenters. The fraction of sp³-hybridized carbons (Fsp3) is 0.286. The number of anilines is 2. The van der Waals surface area contributed by atoms with Gasteiger partial charge in [-0.25, -0.2) is 18.1 Å². The van der Waals surface area contributed by atoms with E-state index in [0.717, 1.165) is 11.9 Å². The monoisotopic (exact) mass is 698 g/mol. The molecule has 0 aromatic heterocycles. The molecule has 0 aliphatic rings. The lowest BCUT2D eigenvalue weighted by Gasteiger charge is -2.23. The molecule has 2 N–H and O–H groups in total. The fourth-order valence-electron chi connectivity index (χ4n) is 4.82. The van der Waals surface area contributed by atoms with Gasteiger partial charge in [-0.2, -0.15) is 0 Å². The molecule has 0 bridgehead atoms. The first-order chi connectivity index (χ1) is 21.0. The Labute approximate surface area is 274 Å². The molecule has 0 saturated carbocycles. The second-order valence-corrected chi connectivity index (χ2v) is 12.9. The average Bonchev–Trinajstić information content (AvgIpc) is 2.93. The highest BCUT2D eigenvalue weighted by molar-refractivity contribution is 7.88. The van der Waals surface area contributed by atoms with Crippen molar-refractivity contribution < 1.29 is 23.1 Å². The molecule has 3 aromatic rings. The van der Waals surface area contributed by atoms with Crippen molar-refractivity contribution in [1.29, 1.82) is 0 Å². The Bertz CT molecular complexity index is 1780. The minimum Gasteiger partial charge on any atom is -0.370 e. The van der Waals surface area contributed by atoms with Crippen molar-refractivity contribution in [1.82, 2.24) is 4.72 Å². The number of nitrogens with one attached hydrogen (secondary N) is 2. The van der Waals surface area contributed by atoms with Gasteiger partial charge in [-0.05, 0) is 64.1 Å².